The van der Waals surface area contributed by atoms with Crippen LogP contribution in [0.15, 0.2) is 18.5 Å². The Bertz CT molecular complexity index is 811. The third kappa shape index (κ3) is 3.42. The first-order valence-electron chi connectivity index (χ1n) is 9.17. The van der Waals surface area contributed by atoms with Crippen LogP contribution in [0, 0.1) is 11.8 Å². The number of imidazole rings is 1. The smallest absolute Gasteiger partial charge is 0.248 e. The molecule has 2 aromatic heterocycles. The number of aromatic nitrogens is 3. The summed E-state index contributed by atoms with van der Waals surface area (Å²) >= 11 is 0. The van der Waals surface area contributed by atoms with E-state index in [0.29, 0.717) is 30.6 Å². The number of carbonyl (C=O) groups excluding carboxylic acids is 1. The lowest BCUT2D eigenvalue weighted by Crippen LogP contribution is -2.31. The van der Waals surface area contributed by atoms with E-state index in [1.807, 2.05) is 6.07 Å². The van der Waals surface area contributed by atoms with Gasteiger partial charge in [-0.05, 0) is 43.2 Å². The second kappa shape index (κ2) is 6.57. The summed E-state index contributed by atoms with van der Waals surface area (Å²) in [6.07, 6.45) is 5.61. The van der Waals surface area contributed by atoms with Gasteiger partial charge in [-0.25, -0.2) is 18.3 Å². The number of hydrogen-bond donors (Lipinski definition) is 2. The molecule has 0 radical (unpaired) electrons. The molecule has 1 aliphatic carbocycles. The van der Waals surface area contributed by atoms with Crippen LogP contribution in [0.5, 0.6) is 0 Å². The Morgan fingerprint density at radius 3 is 2.81 bits per heavy atom. The van der Waals surface area contributed by atoms with Crippen molar-refractivity contribution in [2.75, 3.05) is 6.54 Å². The quantitative estimate of drug-likeness (QED) is 0.872. The van der Waals surface area contributed by atoms with Gasteiger partial charge >= 0.3 is 0 Å². The first kappa shape index (κ1) is 17.3. The molecular weight excluding hydrogens is 340 g/mol. The molecule has 1 amide bonds. The fourth-order valence-corrected chi connectivity index (χ4v) is 3.99. The SMILES string of the molecule is N[C@H](c1cn2ncc(CC3CCNC3=O)cc2n1)C1CCC(F)(F)CC1. The molecule has 1 saturated heterocycles. The molecule has 1 saturated carbocycles. The predicted octanol–water partition coefficient (Wildman–Crippen LogP) is 2.23. The molecule has 0 spiro atoms. The number of nitrogens with two attached hydrogens (primary N) is 1. The molecule has 3 N–H and O–H groups in total. The van der Waals surface area contributed by atoms with Crippen molar-refractivity contribution in [3.05, 3.63) is 29.7 Å². The summed E-state index contributed by atoms with van der Waals surface area (Å²) in [6, 6.07) is 1.56. The summed E-state index contributed by atoms with van der Waals surface area (Å²) in [4.78, 5) is 16.3. The van der Waals surface area contributed by atoms with E-state index in [-0.39, 0.29) is 36.6 Å². The summed E-state index contributed by atoms with van der Waals surface area (Å²) in [6.45, 7) is 0.724. The zero-order chi connectivity index (χ0) is 18.3. The number of carbonyl (C=O) groups is 1. The molecule has 2 atom stereocenters. The van der Waals surface area contributed by atoms with Gasteiger partial charge in [-0.15, -0.1) is 0 Å². The minimum absolute atomic E-state index is 0.0140. The highest BCUT2D eigenvalue weighted by atomic mass is 19.3. The van der Waals surface area contributed by atoms with E-state index in [0.717, 1.165) is 18.5 Å². The Kier molecular flexibility index (Phi) is 4.38. The van der Waals surface area contributed by atoms with Gasteiger partial charge in [0.2, 0.25) is 11.8 Å². The van der Waals surface area contributed by atoms with Crippen LogP contribution >= 0.6 is 0 Å². The topological polar surface area (TPSA) is 85.3 Å². The van der Waals surface area contributed by atoms with Crippen LogP contribution in [-0.4, -0.2) is 33.0 Å². The summed E-state index contributed by atoms with van der Waals surface area (Å²) in [5, 5.41) is 7.20. The highest BCUT2D eigenvalue weighted by molar-refractivity contribution is 5.80. The zero-order valence-corrected chi connectivity index (χ0v) is 14.5. The second-order valence-corrected chi connectivity index (χ2v) is 7.53. The van der Waals surface area contributed by atoms with E-state index in [1.165, 1.54) is 0 Å². The average Bonchev–Trinajstić information content (AvgIpc) is 3.20. The van der Waals surface area contributed by atoms with Gasteiger partial charge in [-0.2, -0.15) is 5.10 Å². The van der Waals surface area contributed by atoms with Crippen LogP contribution in [-0.2, 0) is 11.2 Å². The Morgan fingerprint density at radius 2 is 2.12 bits per heavy atom. The van der Waals surface area contributed by atoms with Crippen LogP contribution in [0.2, 0.25) is 0 Å². The molecule has 8 heteroatoms. The summed E-state index contributed by atoms with van der Waals surface area (Å²) in [5.74, 6) is -2.47. The first-order chi connectivity index (χ1) is 12.4. The van der Waals surface area contributed by atoms with E-state index < -0.39 is 5.92 Å². The first-order valence-corrected chi connectivity index (χ1v) is 9.17. The Labute approximate surface area is 150 Å². The molecule has 0 aromatic carbocycles. The minimum Gasteiger partial charge on any atom is -0.356 e. The average molecular weight is 363 g/mol. The zero-order valence-electron chi connectivity index (χ0n) is 14.5. The molecule has 1 unspecified atom stereocenters. The standard InChI is InChI=1S/C18H23F2N5O/c19-18(20)4-1-12(2-5-18)16(21)14-10-25-15(24-14)8-11(9-23-25)7-13-3-6-22-17(13)26/h8-10,12-13,16H,1-7,21H2,(H,22,26)/t13?,16-/m0/s1. The third-order valence-corrected chi connectivity index (χ3v) is 5.65. The van der Waals surface area contributed by atoms with Crippen molar-refractivity contribution in [1.82, 2.24) is 19.9 Å². The molecule has 0 bridgehead atoms. The monoisotopic (exact) mass is 363 g/mol. The van der Waals surface area contributed by atoms with Crippen LogP contribution in [0.3, 0.4) is 0 Å². The van der Waals surface area contributed by atoms with Gasteiger partial charge in [0.15, 0.2) is 5.65 Å². The molecule has 4 rings (SSSR count). The molecule has 2 aromatic rings. The Balaban J connectivity index is 1.49. The van der Waals surface area contributed by atoms with E-state index in [2.05, 4.69) is 15.4 Å². The number of amides is 1. The number of nitrogens with zero attached hydrogens (tertiary/aromatic N) is 3. The molecule has 1 aliphatic heterocycles. The minimum atomic E-state index is -2.56. The second-order valence-electron chi connectivity index (χ2n) is 7.53. The van der Waals surface area contributed by atoms with Crippen molar-refractivity contribution in [3.8, 4) is 0 Å². The van der Waals surface area contributed by atoms with Gasteiger partial charge in [-0.1, -0.05) is 0 Å². The van der Waals surface area contributed by atoms with E-state index in [1.54, 1.807) is 16.9 Å². The van der Waals surface area contributed by atoms with Gasteiger partial charge in [0.05, 0.1) is 24.1 Å². The fraction of sp³-hybridized carbons (Fsp3) is 0.611. The number of fused-ring (bicyclic) bond motifs is 1. The van der Waals surface area contributed by atoms with Gasteiger partial charge in [0, 0.05) is 25.3 Å². The van der Waals surface area contributed by atoms with Crippen molar-refractivity contribution < 1.29 is 13.6 Å². The van der Waals surface area contributed by atoms with E-state index >= 15 is 0 Å². The van der Waals surface area contributed by atoms with Crippen molar-refractivity contribution >= 4 is 11.6 Å². The normalized spacial score (nSPS) is 24.7. The van der Waals surface area contributed by atoms with E-state index in [4.69, 9.17) is 5.73 Å². The molecular formula is C18H23F2N5O. The number of nitrogens with one attached hydrogen (secondary N) is 1. The van der Waals surface area contributed by atoms with Crippen molar-refractivity contribution in [2.24, 2.45) is 17.6 Å². The highest BCUT2D eigenvalue weighted by Gasteiger charge is 2.37. The Morgan fingerprint density at radius 1 is 1.35 bits per heavy atom. The summed E-state index contributed by atoms with van der Waals surface area (Å²) < 4.78 is 28.4. The van der Waals surface area contributed by atoms with Crippen molar-refractivity contribution in [1.29, 1.82) is 0 Å². The summed E-state index contributed by atoms with van der Waals surface area (Å²) in [7, 11) is 0. The molecule has 6 nitrogen and oxygen atoms in total. The molecule has 3 heterocycles. The third-order valence-electron chi connectivity index (χ3n) is 5.65. The van der Waals surface area contributed by atoms with Crippen molar-refractivity contribution in [3.63, 3.8) is 0 Å². The van der Waals surface area contributed by atoms with Crippen LogP contribution in [0.4, 0.5) is 8.78 Å². The predicted molar refractivity (Wildman–Crippen MR) is 91.6 cm³/mol. The lowest BCUT2D eigenvalue weighted by atomic mass is 9.81. The molecule has 26 heavy (non-hydrogen) atoms. The van der Waals surface area contributed by atoms with Crippen LogP contribution in [0.25, 0.3) is 5.65 Å². The molecule has 2 fully saturated rings. The van der Waals surface area contributed by atoms with Gasteiger partial charge in [-0.3, -0.25) is 4.79 Å². The fourth-order valence-electron chi connectivity index (χ4n) is 3.99. The number of alkyl halides is 2. The number of rotatable bonds is 4. The largest absolute Gasteiger partial charge is 0.356 e. The summed E-state index contributed by atoms with van der Waals surface area (Å²) in [5.41, 5.74) is 8.63. The number of halogens is 2. The maximum Gasteiger partial charge on any atom is 0.248 e. The van der Waals surface area contributed by atoms with Gasteiger partial charge < -0.3 is 11.1 Å². The lowest BCUT2D eigenvalue weighted by molar-refractivity contribution is -0.122. The van der Waals surface area contributed by atoms with Crippen LogP contribution in [0.1, 0.15) is 49.4 Å². The van der Waals surface area contributed by atoms with Crippen molar-refractivity contribution in [2.45, 2.75) is 50.5 Å². The van der Waals surface area contributed by atoms with Gasteiger partial charge in [0.25, 0.3) is 0 Å². The number of hydrogen-bond acceptors (Lipinski definition) is 4. The molecule has 2 aliphatic rings. The Hall–Kier alpha value is -2.09. The van der Waals surface area contributed by atoms with Crippen LogP contribution < -0.4 is 11.1 Å². The molecule has 140 valence electrons. The lowest BCUT2D eigenvalue weighted by Gasteiger charge is -2.31. The maximum atomic E-state index is 13.4. The highest BCUT2D eigenvalue weighted by Crippen LogP contribution is 2.40. The van der Waals surface area contributed by atoms with Gasteiger partial charge in [0.1, 0.15) is 0 Å². The maximum absolute atomic E-state index is 13.4. The van der Waals surface area contributed by atoms with E-state index in [9.17, 15) is 13.6 Å².